The summed E-state index contributed by atoms with van der Waals surface area (Å²) in [6.07, 6.45) is 3.34. The molecule has 3 heteroatoms. The molecule has 0 saturated carbocycles. The van der Waals surface area contributed by atoms with E-state index in [4.69, 9.17) is 5.73 Å². The van der Waals surface area contributed by atoms with E-state index in [1.807, 2.05) is 37.3 Å². The van der Waals surface area contributed by atoms with Gasteiger partial charge in [0.2, 0.25) is 5.91 Å². The van der Waals surface area contributed by atoms with Crippen molar-refractivity contribution in [3.8, 4) is 0 Å². The highest BCUT2D eigenvalue weighted by molar-refractivity contribution is 5.83. The molecule has 0 aromatic heterocycles. The maximum Gasteiger partial charge on any atom is 0.241 e. The third kappa shape index (κ3) is 5.88. The third-order valence-corrected chi connectivity index (χ3v) is 3.25. The molecule has 0 aliphatic rings. The van der Waals surface area contributed by atoms with E-state index in [-0.39, 0.29) is 11.9 Å². The lowest BCUT2D eigenvalue weighted by Crippen LogP contribution is -2.39. The van der Waals surface area contributed by atoms with Crippen LogP contribution in [0.4, 0.5) is 0 Å². The van der Waals surface area contributed by atoms with Crippen LogP contribution in [0.2, 0.25) is 0 Å². The fourth-order valence-corrected chi connectivity index (χ4v) is 2.05. The summed E-state index contributed by atoms with van der Waals surface area (Å²) < 4.78 is 0. The number of nitrogens with two attached hydrogens (primary N) is 1. The summed E-state index contributed by atoms with van der Waals surface area (Å²) in [4.78, 5) is 12.0. The van der Waals surface area contributed by atoms with Crippen LogP contribution in [0.15, 0.2) is 30.3 Å². The molecule has 1 aromatic carbocycles. The third-order valence-electron chi connectivity index (χ3n) is 3.25. The largest absolute Gasteiger partial charge is 0.352 e. The second-order valence-corrected chi connectivity index (χ2v) is 5.62. The highest BCUT2D eigenvalue weighted by Crippen LogP contribution is 2.11. The van der Waals surface area contributed by atoms with Gasteiger partial charge in [0.25, 0.3) is 0 Å². The molecule has 1 aromatic rings. The minimum atomic E-state index is -0.575. The van der Waals surface area contributed by atoms with Gasteiger partial charge >= 0.3 is 0 Å². The number of nitrogens with one attached hydrogen (secondary N) is 1. The highest BCUT2D eigenvalue weighted by atomic mass is 16.2. The van der Waals surface area contributed by atoms with Gasteiger partial charge in [0.1, 0.15) is 6.04 Å². The Bertz CT molecular complexity index is 376. The van der Waals surface area contributed by atoms with E-state index < -0.39 is 6.04 Å². The van der Waals surface area contributed by atoms with Gasteiger partial charge in [-0.1, -0.05) is 57.0 Å². The summed E-state index contributed by atoms with van der Waals surface area (Å²) >= 11 is 0. The SMILES string of the molecule is CC(C)CCCC(C)NC(=O)C(N)c1ccccc1. The minimum Gasteiger partial charge on any atom is -0.352 e. The van der Waals surface area contributed by atoms with Crippen LogP contribution in [-0.2, 0) is 4.79 Å². The van der Waals surface area contributed by atoms with Gasteiger partial charge in [-0.25, -0.2) is 0 Å². The van der Waals surface area contributed by atoms with Crippen molar-refractivity contribution in [2.45, 2.75) is 52.1 Å². The first-order chi connectivity index (χ1) is 9.00. The summed E-state index contributed by atoms with van der Waals surface area (Å²) in [5, 5.41) is 2.99. The number of carbonyl (C=O) groups excluding carboxylic acids is 1. The summed E-state index contributed by atoms with van der Waals surface area (Å²) in [5.41, 5.74) is 6.81. The Morgan fingerprint density at radius 3 is 2.37 bits per heavy atom. The maximum absolute atomic E-state index is 12.0. The maximum atomic E-state index is 12.0. The lowest BCUT2D eigenvalue weighted by atomic mass is 10.0. The number of carbonyl (C=O) groups is 1. The predicted octanol–water partition coefficient (Wildman–Crippen LogP) is 3.02. The Labute approximate surface area is 116 Å². The number of benzene rings is 1. The predicted molar refractivity (Wildman–Crippen MR) is 79.7 cm³/mol. The van der Waals surface area contributed by atoms with E-state index in [1.54, 1.807) is 0 Å². The average Bonchev–Trinajstić information content (AvgIpc) is 2.38. The van der Waals surface area contributed by atoms with Crippen molar-refractivity contribution in [1.82, 2.24) is 5.32 Å². The molecule has 0 radical (unpaired) electrons. The van der Waals surface area contributed by atoms with E-state index in [0.29, 0.717) is 0 Å². The van der Waals surface area contributed by atoms with E-state index in [2.05, 4.69) is 19.2 Å². The van der Waals surface area contributed by atoms with Crippen LogP contribution in [0.1, 0.15) is 51.6 Å². The second-order valence-electron chi connectivity index (χ2n) is 5.62. The van der Waals surface area contributed by atoms with Crippen LogP contribution in [0.25, 0.3) is 0 Å². The van der Waals surface area contributed by atoms with Crippen LogP contribution in [0.3, 0.4) is 0 Å². The summed E-state index contributed by atoms with van der Waals surface area (Å²) in [7, 11) is 0. The summed E-state index contributed by atoms with van der Waals surface area (Å²) in [5.74, 6) is 0.623. The van der Waals surface area contributed by atoms with Gasteiger partial charge < -0.3 is 11.1 Å². The first kappa shape index (κ1) is 15.7. The highest BCUT2D eigenvalue weighted by Gasteiger charge is 2.17. The fourth-order valence-electron chi connectivity index (χ4n) is 2.05. The van der Waals surface area contributed by atoms with E-state index in [9.17, 15) is 4.79 Å². The van der Waals surface area contributed by atoms with Gasteiger partial charge in [0.15, 0.2) is 0 Å². The normalized spacial score (nSPS) is 14.2. The smallest absolute Gasteiger partial charge is 0.241 e. The number of hydrogen-bond acceptors (Lipinski definition) is 2. The summed E-state index contributed by atoms with van der Waals surface area (Å²) in [6.45, 7) is 6.47. The monoisotopic (exact) mass is 262 g/mol. The lowest BCUT2D eigenvalue weighted by Gasteiger charge is -2.18. The molecule has 19 heavy (non-hydrogen) atoms. The van der Waals surface area contributed by atoms with Crippen molar-refractivity contribution >= 4 is 5.91 Å². The fraction of sp³-hybridized carbons (Fsp3) is 0.562. The topological polar surface area (TPSA) is 55.1 Å². The molecule has 2 unspecified atom stereocenters. The van der Waals surface area contributed by atoms with Crippen molar-refractivity contribution in [2.75, 3.05) is 0 Å². The lowest BCUT2D eigenvalue weighted by molar-refractivity contribution is -0.123. The Morgan fingerprint density at radius 1 is 1.16 bits per heavy atom. The molecule has 1 amide bonds. The number of rotatable bonds is 7. The molecule has 0 heterocycles. The van der Waals surface area contributed by atoms with E-state index in [1.165, 1.54) is 6.42 Å². The van der Waals surface area contributed by atoms with Crippen molar-refractivity contribution in [2.24, 2.45) is 11.7 Å². The van der Waals surface area contributed by atoms with Crippen LogP contribution in [-0.4, -0.2) is 11.9 Å². The van der Waals surface area contributed by atoms with Gasteiger partial charge in [-0.05, 0) is 24.8 Å². The Hall–Kier alpha value is -1.35. The zero-order chi connectivity index (χ0) is 14.3. The van der Waals surface area contributed by atoms with E-state index >= 15 is 0 Å². The van der Waals surface area contributed by atoms with Gasteiger partial charge in [-0.15, -0.1) is 0 Å². The second kappa shape index (κ2) is 7.95. The van der Waals surface area contributed by atoms with Crippen molar-refractivity contribution in [3.63, 3.8) is 0 Å². The Balaban J connectivity index is 2.37. The van der Waals surface area contributed by atoms with Crippen molar-refractivity contribution in [3.05, 3.63) is 35.9 Å². The minimum absolute atomic E-state index is 0.0942. The van der Waals surface area contributed by atoms with Crippen molar-refractivity contribution < 1.29 is 4.79 Å². The summed E-state index contributed by atoms with van der Waals surface area (Å²) in [6, 6.07) is 9.09. The van der Waals surface area contributed by atoms with Crippen LogP contribution >= 0.6 is 0 Å². The van der Waals surface area contributed by atoms with Gasteiger partial charge in [0, 0.05) is 6.04 Å². The molecule has 1 rings (SSSR count). The first-order valence-corrected chi connectivity index (χ1v) is 7.11. The molecular weight excluding hydrogens is 236 g/mol. The van der Waals surface area contributed by atoms with Gasteiger partial charge in [-0.2, -0.15) is 0 Å². The Kier molecular flexibility index (Phi) is 6.57. The molecule has 106 valence electrons. The molecule has 0 aliphatic carbocycles. The Morgan fingerprint density at radius 2 is 1.79 bits per heavy atom. The number of hydrogen-bond donors (Lipinski definition) is 2. The molecule has 0 aliphatic heterocycles. The molecule has 3 nitrogen and oxygen atoms in total. The standard InChI is InChI=1S/C16H26N2O/c1-12(2)8-7-9-13(3)18-16(19)15(17)14-10-5-4-6-11-14/h4-6,10-13,15H,7-9,17H2,1-3H3,(H,18,19). The molecule has 2 atom stereocenters. The van der Waals surface area contributed by atoms with Crippen LogP contribution < -0.4 is 11.1 Å². The molecular formula is C16H26N2O. The van der Waals surface area contributed by atoms with E-state index in [0.717, 1.165) is 24.3 Å². The van der Waals surface area contributed by atoms with Gasteiger partial charge in [-0.3, -0.25) is 4.79 Å². The van der Waals surface area contributed by atoms with Crippen molar-refractivity contribution in [1.29, 1.82) is 0 Å². The van der Waals surface area contributed by atoms with Gasteiger partial charge in [0.05, 0.1) is 0 Å². The van der Waals surface area contributed by atoms with Crippen LogP contribution in [0, 0.1) is 5.92 Å². The first-order valence-electron chi connectivity index (χ1n) is 7.11. The molecule has 3 N–H and O–H groups in total. The average molecular weight is 262 g/mol. The zero-order valence-corrected chi connectivity index (χ0v) is 12.2. The molecule has 0 fully saturated rings. The quantitative estimate of drug-likeness (QED) is 0.793. The number of amides is 1. The molecule has 0 spiro atoms. The zero-order valence-electron chi connectivity index (χ0n) is 12.2. The van der Waals surface area contributed by atoms with Crippen LogP contribution in [0.5, 0.6) is 0 Å². The molecule has 0 saturated heterocycles. The molecule has 0 bridgehead atoms.